The molecule has 0 aromatic heterocycles. The Labute approximate surface area is 117 Å². The van der Waals surface area contributed by atoms with Crippen molar-refractivity contribution >= 4 is 12.2 Å². The Morgan fingerprint density at radius 3 is 2.50 bits per heavy atom. The lowest BCUT2D eigenvalue weighted by atomic mass is 10.2. The predicted molar refractivity (Wildman–Crippen MR) is 79.2 cm³/mol. The van der Waals surface area contributed by atoms with E-state index in [1.54, 1.807) is 6.21 Å². The maximum absolute atomic E-state index is 5.80. The fourth-order valence-electron chi connectivity index (χ4n) is 1.64. The van der Waals surface area contributed by atoms with E-state index in [9.17, 15) is 0 Å². The van der Waals surface area contributed by atoms with Crippen LogP contribution in [0.15, 0.2) is 59.7 Å². The summed E-state index contributed by atoms with van der Waals surface area (Å²) in [5.74, 6) is 0.735. The van der Waals surface area contributed by atoms with Crippen molar-refractivity contribution in [3.63, 3.8) is 0 Å². The smallest absolute Gasteiger partial charge is 0.256 e. The summed E-state index contributed by atoms with van der Waals surface area (Å²) >= 11 is 0. The third kappa shape index (κ3) is 4.13. The van der Waals surface area contributed by atoms with Crippen LogP contribution < -0.4 is 21.3 Å². The van der Waals surface area contributed by atoms with Gasteiger partial charge in [-0.2, -0.15) is 0 Å². The minimum atomic E-state index is -0.0241. The van der Waals surface area contributed by atoms with E-state index in [2.05, 4.69) is 10.2 Å². The van der Waals surface area contributed by atoms with E-state index in [1.165, 1.54) is 0 Å². The monoisotopic (exact) mass is 269 g/mol. The van der Waals surface area contributed by atoms with Gasteiger partial charge in [-0.3, -0.25) is 0 Å². The van der Waals surface area contributed by atoms with Crippen LogP contribution in [0.5, 0.6) is 5.75 Å². The molecule has 0 heterocycles. The molecule has 0 aliphatic rings. The number of nitrogens with two attached hydrogens (primary N) is 2. The van der Waals surface area contributed by atoms with E-state index in [0.29, 0.717) is 6.61 Å². The Kier molecular flexibility index (Phi) is 4.72. The molecule has 5 nitrogen and oxygen atoms in total. The Morgan fingerprint density at radius 2 is 1.75 bits per heavy atom. The fraction of sp³-hybridized carbons (Fsp3) is 0.0667. The Morgan fingerprint density at radius 1 is 1.05 bits per heavy atom. The molecule has 2 aromatic rings. The van der Waals surface area contributed by atoms with Gasteiger partial charge in [0, 0.05) is 5.10 Å². The number of nitrogens with one attached hydrogen (secondary N) is 1. The maximum atomic E-state index is 5.80. The molecule has 0 bridgehead atoms. The number of rotatable bonds is 5. The number of para-hydroxylation sites is 1. The Hall–Kier alpha value is -2.82. The van der Waals surface area contributed by atoms with Crippen molar-refractivity contribution in [3.8, 4) is 5.75 Å². The highest BCUT2D eigenvalue weighted by Gasteiger charge is 2.03. The summed E-state index contributed by atoms with van der Waals surface area (Å²) < 4.78 is 5.80. The van der Waals surface area contributed by atoms with E-state index in [0.717, 1.165) is 16.9 Å². The van der Waals surface area contributed by atoms with Crippen LogP contribution in [0.4, 0.5) is 0 Å². The van der Waals surface area contributed by atoms with Gasteiger partial charge in [-0.15, -0.1) is 5.10 Å². The quantitative estimate of drug-likeness (QED) is 0.404. The normalized spacial score (nSPS) is 10.4. The molecule has 0 atom stereocenters. The molecule has 0 fully saturated rings. The first-order chi connectivity index (χ1) is 9.75. The van der Waals surface area contributed by atoms with E-state index in [1.807, 2.05) is 54.6 Å². The van der Waals surface area contributed by atoms with Crippen molar-refractivity contribution in [1.29, 1.82) is 0 Å². The second-order valence-corrected chi connectivity index (χ2v) is 4.12. The van der Waals surface area contributed by atoms with Crippen LogP contribution in [-0.4, -0.2) is 12.2 Å². The van der Waals surface area contributed by atoms with Gasteiger partial charge in [0.25, 0.3) is 5.96 Å². The topological polar surface area (TPSA) is 87.6 Å². The molecule has 0 radical (unpaired) electrons. The van der Waals surface area contributed by atoms with Crippen LogP contribution in [-0.2, 0) is 6.61 Å². The molecule has 0 saturated heterocycles. The van der Waals surface area contributed by atoms with Gasteiger partial charge in [0.05, 0.1) is 5.56 Å². The molecule has 0 unspecified atom stereocenters. The van der Waals surface area contributed by atoms with E-state index >= 15 is 0 Å². The van der Waals surface area contributed by atoms with Gasteiger partial charge < -0.3 is 16.2 Å². The van der Waals surface area contributed by atoms with Crippen LogP contribution in [0.1, 0.15) is 11.1 Å². The van der Waals surface area contributed by atoms with Crippen LogP contribution in [0.3, 0.4) is 0 Å². The summed E-state index contributed by atoms with van der Waals surface area (Å²) in [6.07, 6.45) is 1.68. The van der Waals surface area contributed by atoms with E-state index in [-0.39, 0.29) is 5.96 Å². The first-order valence-corrected chi connectivity index (χ1v) is 6.19. The lowest BCUT2D eigenvalue weighted by Crippen LogP contribution is -2.63. The van der Waals surface area contributed by atoms with Crippen LogP contribution in [0.2, 0.25) is 0 Å². The number of ether oxygens (including phenoxy) is 1. The van der Waals surface area contributed by atoms with Crippen molar-refractivity contribution in [1.82, 2.24) is 0 Å². The van der Waals surface area contributed by atoms with Crippen molar-refractivity contribution in [2.75, 3.05) is 0 Å². The average Bonchev–Trinajstić information content (AvgIpc) is 2.47. The van der Waals surface area contributed by atoms with Crippen LogP contribution in [0.25, 0.3) is 0 Å². The molecular formula is C15H17N4O+. The second kappa shape index (κ2) is 6.94. The van der Waals surface area contributed by atoms with Crippen LogP contribution in [0, 0.1) is 0 Å². The van der Waals surface area contributed by atoms with Gasteiger partial charge in [0.15, 0.2) is 0 Å². The minimum absolute atomic E-state index is 0.0241. The predicted octanol–water partition coefficient (Wildman–Crippen LogP) is -0.0465. The number of hydrazone groups is 1. The second-order valence-electron chi connectivity index (χ2n) is 4.12. The first-order valence-electron chi connectivity index (χ1n) is 6.19. The van der Waals surface area contributed by atoms with Gasteiger partial charge in [-0.25, -0.2) is 0 Å². The zero-order chi connectivity index (χ0) is 14.2. The lowest BCUT2D eigenvalue weighted by Gasteiger charge is -2.07. The maximum Gasteiger partial charge on any atom is 0.256 e. The summed E-state index contributed by atoms with van der Waals surface area (Å²) in [7, 11) is 0. The van der Waals surface area contributed by atoms with Crippen molar-refractivity contribution in [3.05, 3.63) is 65.7 Å². The highest BCUT2D eigenvalue weighted by atomic mass is 16.5. The minimum Gasteiger partial charge on any atom is -0.488 e. The van der Waals surface area contributed by atoms with Crippen molar-refractivity contribution < 1.29 is 9.84 Å². The molecule has 102 valence electrons. The number of nitrogens with zero attached hydrogens (tertiary/aromatic N) is 1. The van der Waals surface area contributed by atoms with Gasteiger partial charge in [-0.1, -0.05) is 42.5 Å². The molecule has 0 saturated carbocycles. The summed E-state index contributed by atoms with van der Waals surface area (Å²) in [4.78, 5) is 0. The number of hydrogen-bond donors (Lipinski definition) is 3. The largest absolute Gasteiger partial charge is 0.488 e. The number of benzene rings is 2. The van der Waals surface area contributed by atoms with Gasteiger partial charge >= 0.3 is 0 Å². The van der Waals surface area contributed by atoms with E-state index in [4.69, 9.17) is 16.2 Å². The first kappa shape index (κ1) is 13.6. The third-order valence-corrected chi connectivity index (χ3v) is 2.57. The molecule has 5 N–H and O–H groups in total. The molecule has 2 rings (SSSR count). The lowest BCUT2D eigenvalue weighted by molar-refractivity contribution is -0.456. The molecule has 0 aliphatic carbocycles. The SMILES string of the molecule is NC(N)=N/[NH+]=C\c1ccccc1OCc1ccccc1. The fourth-order valence-corrected chi connectivity index (χ4v) is 1.64. The Balaban J connectivity index is 2.08. The number of hydrogen-bond acceptors (Lipinski definition) is 2. The highest BCUT2D eigenvalue weighted by Crippen LogP contribution is 2.16. The van der Waals surface area contributed by atoms with Crippen molar-refractivity contribution in [2.24, 2.45) is 16.6 Å². The highest BCUT2D eigenvalue weighted by molar-refractivity contribution is 5.80. The molecule has 0 amide bonds. The average molecular weight is 269 g/mol. The van der Waals surface area contributed by atoms with Crippen molar-refractivity contribution in [2.45, 2.75) is 6.61 Å². The molecule has 5 heteroatoms. The Bertz CT molecular complexity index is 604. The molecule has 2 aromatic carbocycles. The summed E-state index contributed by atoms with van der Waals surface area (Å²) in [6.45, 7) is 0.508. The van der Waals surface area contributed by atoms with Gasteiger partial charge in [0.1, 0.15) is 12.4 Å². The summed E-state index contributed by atoms with van der Waals surface area (Å²) in [5.41, 5.74) is 12.5. The number of guanidine groups is 1. The summed E-state index contributed by atoms with van der Waals surface area (Å²) in [5, 5.41) is 6.36. The third-order valence-electron chi connectivity index (χ3n) is 2.57. The summed E-state index contributed by atoms with van der Waals surface area (Å²) in [6, 6.07) is 17.6. The van der Waals surface area contributed by atoms with Gasteiger partial charge in [-0.05, 0) is 17.7 Å². The standard InChI is InChI=1S/C15H16N4O/c16-15(17)19-18-10-13-8-4-5-9-14(13)20-11-12-6-2-1-3-7-12/h1-10H,11H2,(H4,16,17,19)/p+1/b18-10-. The van der Waals surface area contributed by atoms with E-state index < -0.39 is 0 Å². The zero-order valence-electron chi connectivity index (χ0n) is 11.0. The zero-order valence-corrected chi connectivity index (χ0v) is 11.0. The van der Waals surface area contributed by atoms with Crippen LogP contribution >= 0.6 is 0 Å². The molecule has 20 heavy (non-hydrogen) atoms. The molecule has 0 spiro atoms. The van der Waals surface area contributed by atoms with Gasteiger partial charge in [0.2, 0.25) is 6.21 Å². The molecule has 0 aliphatic heterocycles. The molecular weight excluding hydrogens is 252 g/mol.